The molecule has 3 rings (SSSR count). The number of nitrogens with zero attached hydrogens (tertiary/aromatic N) is 2. The van der Waals surface area contributed by atoms with Gasteiger partial charge in [-0.15, -0.1) is 5.06 Å². The van der Waals surface area contributed by atoms with Crippen molar-refractivity contribution in [2.24, 2.45) is 5.92 Å². The van der Waals surface area contributed by atoms with Crippen molar-refractivity contribution in [3.63, 3.8) is 0 Å². The zero-order valence-electron chi connectivity index (χ0n) is 19.8. The van der Waals surface area contributed by atoms with E-state index in [9.17, 15) is 19.1 Å². The Hall–Kier alpha value is -2.85. The summed E-state index contributed by atoms with van der Waals surface area (Å²) in [4.78, 5) is 33.8. The lowest BCUT2D eigenvalue weighted by Gasteiger charge is -2.45. The second-order valence-corrected chi connectivity index (χ2v) is 8.58. The quantitative estimate of drug-likeness (QED) is 0.418. The second kappa shape index (κ2) is 11.5. The van der Waals surface area contributed by atoms with Crippen LogP contribution in [0.1, 0.15) is 37.5 Å². The summed E-state index contributed by atoms with van der Waals surface area (Å²) >= 11 is 0. The predicted molar refractivity (Wildman–Crippen MR) is 122 cm³/mol. The maximum absolute atomic E-state index is 14.6. The maximum Gasteiger partial charge on any atom is 0.274 e. The number of rotatable bonds is 10. The second-order valence-electron chi connectivity index (χ2n) is 8.58. The molecule has 1 heterocycles. The number of hydrogen-bond acceptors (Lipinski definition) is 7. The van der Waals surface area contributed by atoms with E-state index in [1.807, 2.05) is 26.0 Å². The van der Waals surface area contributed by atoms with E-state index >= 15 is 0 Å². The highest BCUT2D eigenvalue weighted by atomic mass is 19.1. The number of carbonyl (C=O) groups excluding carboxylic acids is 2. The lowest BCUT2D eigenvalue weighted by molar-refractivity contribution is -0.238. The third-order valence-corrected chi connectivity index (χ3v) is 5.74. The molecule has 1 aliphatic heterocycles. The van der Waals surface area contributed by atoms with Gasteiger partial charge in [-0.05, 0) is 36.1 Å². The van der Waals surface area contributed by atoms with Crippen LogP contribution in [0.4, 0.5) is 4.39 Å². The highest BCUT2D eigenvalue weighted by Crippen LogP contribution is 2.33. The molecule has 3 unspecified atom stereocenters. The number of halogens is 1. The van der Waals surface area contributed by atoms with Crippen LogP contribution >= 0.6 is 0 Å². The number of methoxy groups -OCH3 is 2. The Balaban J connectivity index is 2.07. The Morgan fingerprint density at radius 3 is 2.29 bits per heavy atom. The summed E-state index contributed by atoms with van der Waals surface area (Å²) in [7, 11) is 2.93. The average molecular weight is 475 g/mol. The zero-order chi connectivity index (χ0) is 24.8. The van der Waals surface area contributed by atoms with Gasteiger partial charge in [0.2, 0.25) is 0 Å². The number of ether oxygens (including phenoxy) is 2. The zero-order valence-corrected chi connectivity index (χ0v) is 19.8. The van der Waals surface area contributed by atoms with Gasteiger partial charge < -0.3 is 14.6 Å². The summed E-state index contributed by atoms with van der Waals surface area (Å²) in [5.74, 6) is -1.23. The SMILES string of the molecule is COCON1C(=O)C(CC(C)C)N(Cc2ccc(OC)cc2)C(C(O)c2ccccc2F)C1=O. The molecule has 1 fully saturated rings. The Morgan fingerprint density at radius 1 is 1.03 bits per heavy atom. The summed E-state index contributed by atoms with van der Waals surface area (Å²) in [5, 5.41) is 11.9. The number of hydrogen-bond donors (Lipinski definition) is 1. The first-order valence-electron chi connectivity index (χ1n) is 11.1. The number of benzene rings is 2. The molecule has 0 radical (unpaired) electrons. The molecule has 184 valence electrons. The number of hydroxylamine groups is 2. The lowest BCUT2D eigenvalue weighted by Crippen LogP contribution is -2.66. The minimum Gasteiger partial charge on any atom is -0.497 e. The first-order valence-corrected chi connectivity index (χ1v) is 11.1. The fourth-order valence-corrected chi connectivity index (χ4v) is 4.11. The molecule has 2 aromatic carbocycles. The third-order valence-electron chi connectivity index (χ3n) is 5.74. The Morgan fingerprint density at radius 2 is 1.71 bits per heavy atom. The predicted octanol–water partition coefficient (Wildman–Crippen LogP) is 3.06. The van der Waals surface area contributed by atoms with Crippen LogP contribution < -0.4 is 4.74 Å². The van der Waals surface area contributed by atoms with Crippen molar-refractivity contribution < 1.29 is 33.4 Å². The van der Waals surface area contributed by atoms with Gasteiger partial charge in [-0.3, -0.25) is 14.5 Å². The van der Waals surface area contributed by atoms with Crippen molar-refractivity contribution in [2.75, 3.05) is 21.0 Å². The molecule has 0 bridgehead atoms. The van der Waals surface area contributed by atoms with Crippen LogP contribution in [0.2, 0.25) is 0 Å². The summed E-state index contributed by atoms with van der Waals surface area (Å²) in [6.45, 7) is 3.76. The normalized spacial score (nSPS) is 20.1. The van der Waals surface area contributed by atoms with Crippen molar-refractivity contribution in [3.05, 3.63) is 65.5 Å². The molecule has 2 amide bonds. The Labute approximate surface area is 198 Å². The van der Waals surface area contributed by atoms with E-state index in [2.05, 4.69) is 0 Å². The van der Waals surface area contributed by atoms with Gasteiger partial charge >= 0.3 is 0 Å². The van der Waals surface area contributed by atoms with E-state index in [4.69, 9.17) is 14.3 Å². The topological polar surface area (TPSA) is 88.5 Å². The molecule has 1 saturated heterocycles. The van der Waals surface area contributed by atoms with Crippen LogP contribution in [0.15, 0.2) is 48.5 Å². The molecule has 8 nitrogen and oxygen atoms in total. The minimum atomic E-state index is -1.54. The first-order chi connectivity index (χ1) is 16.3. The molecule has 1 N–H and O–H groups in total. The van der Waals surface area contributed by atoms with E-state index in [-0.39, 0.29) is 24.8 Å². The number of aliphatic hydroxyl groups excluding tert-OH is 1. The number of piperazine rings is 1. The van der Waals surface area contributed by atoms with Gasteiger partial charge in [-0.2, -0.15) is 0 Å². The molecule has 0 saturated carbocycles. The molecule has 9 heteroatoms. The minimum absolute atomic E-state index is 0.0371. The van der Waals surface area contributed by atoms with Crippen molar-refractivity contribution in [2.45, 2.75) is 45.0 Å². The Kier molecular flexibility index (Phi) is 8.73. The van der Waals surface area contributed by atoms with Crippen LogP contribution in [-0.4, -0.2) is 60.0 Å². The van der Waals surface area contributed by atoms with Gasteiger partial charge in [0.1, 0.15) is 23.7 Å². The number of carbonyl (C=O) groups is 2. The van der Waals surface area contributed by atoms with Crippen LogP contribution in [0.25, 0.3) is 0 Å². The molecule has 0 aliphatic carbocycles. The van der Waals surface area contributed by atoms with Crippen LogP contribution in [-0.2, 0) is 25.7 Å². The van der Waals surface area contributed by atoms with Crippen LogP contribution in [0.5, 0.6) is 5.75 Å². The summed E-state index contributed by atoms with van der Waals surface area (Å²) < 4.78 is 24.7. The monoisotopic (exact) mass is 474 g/mol. The van der Waals surface area contributed by atoms with Gasteiger partial charge in [-0.25, -0.2) is 9.23 Å². The number of aliphatic hydroxyl groups is 1. The third kappa shape index (κ3) is 5.61. The highest BCUT2D eigenvalue weighted by Gasteiger charge is 2.50. The van der Waals surface area contributed by atoms with E-state index in [1.165, 1.54) is 25.3 Å². The van der Waals surface area contributed by atoms with Gasteiger partial charge in [0, 0.05) is 19.2 Å². The standard InChI is InChI=1S/C25H31FN2O6/c1-16(2)13-21-24(30)28(34-15-32-3)25(31)22(23(29)19-7-5-6-8-20(19)26)27(21)14-17-9-11-18(33-4)12-10-17/h5-12,16,21-23,29H,13-15H2,1-4H3. The molecule has 3 atom stereocenters. The first kappa shape index (κ1) is 25.8. The molecule has 34 heavy (non-hydrogen) atoms. The number of amides is 2. The molecular formula is C25H31FN2O6. The molecule has 2 aromatic rings. The van der Waals surface area contributed by atoms with Crippen LogP contribution in [0, 0.1) is 11.7 Å². The molecule has 0 spiro atoms. The fraction of sp³-hybridized carbons (Fsp3) is 0.440. The average Bonchev–Trinajstić information content (AvgIpc) is 2.82. The van der Waals surface area contributed by atoms with E-state index in [1.54, 1.807) is 30.2 Å². The Bertz CT molecular complexity index is 984. The largest absolute Gasteiger partial charge is 0.497 e. The van der Waals surface area contributed by atoms with Crippen LogP contribution in [0.3, 0.4) is 0 Å². The molecular weight excluding hydrogens is 443 g/mol. The van der Waals surface area contributed by atoms with E-state index in [0.717, 1.165) is 5.56 Å². The summed E-state index contributed by atoms with van der Waals surface area (Å²) in [6.07, 6.45) is -1.14. The highest BCUT2D eigenvalue weighted by molar-refractivity contribution is 6.02. The smallest absolute Gasteiger partial charge is 0.274 e. The molecule has 0 aromatic heterocycles. The van der Waals surface area contributed by atoms with Gasteiger partial charge in [0.05, 0.1) is 13.2 Å². The number of imide groups is 1. The van der Waals surface area contributed by atoms with E-state index < -0.39 is 35.8 Å². The van der Waals surface area contributed by atoms with E-state index in [0.29, 0.717) is 17.2 Å². The van der Waals surface area contributed by atoms with Gasteiger partial charge in [-0.1, -0.05) is 44.2 Å². The van der Waals surface area contributed by atoms with Crippen molar-refractivity contribution >= 4 is 11.8 Å². The maximum atomic E-state index is 14.6. The molecule has 1 aliphatic rings. The summed E-state index contributed by atoms with van der Waals surface area (Å²) in [5.41, 5.74) is 0.761. The lowest BCUT2D eigenvalue weighted by atomic mass is 9.91. The van der Waals surface area contributed by atoms with Crippen molar-refractivity contribution in [3.8, 4) is 5.75 Å². The van der Waals surface area contributed by atoms with Crippen molar-refractivity contribution in [1.82, 2.24) is 9.96 Å². The van der Waals surface area contributed by atoms with Gasteiger partial charge in [0.15, 0.2) is 6.79 Å². The van der Waals surface area contributed by atoms with Gasteiger partial charge in [0.25, 0.3) is 11.8 Å². The van der Waals surface area contributed by atoms with Crippen molar-refractivity contribution in [1.29, 1.82) is 0 Å². The summed E-state index contributed by atoms with van der Waals surface area (Å²) in [6, 6.07) is 10.9. The fourth-order valence-electron chi connectivity index (χ4n) is 4.11.